The van der Waals surface area contributed by atoms with E-state index in [1.165, 1.54) is 21.8 Å². The molecule has 0 N–H and O–H groups in total. The lowest BCUT2D eigenvalue weighted by atomic mass is 10.2. The predicted octanol–water partition coefficient (Wildman–Crippen LogP) is 4.95. The predicted molar refractivity (Wildman–Crippen MR) is 136 cm³/mol. The lowest BCUT2D eigenvalue weighted by molar-refractivity contribution is 0.313. The molecule has 0 radical (unpaired) electrons. The van der Waals surface area contributed by atoms with E-state index in [0.29, 0.717) is 27.6 Å². The molecule has 7 heteroatoms. The van der Waals surface area contributed by atoms with Gasteiger partial charge in [0.25, 0.3) is 5.56 Å². The van der Waals surface area contributed by atoms with Gasteiger partial charge in [0.1, 0.15) is 0 Å². The molecule has 0 spiro atoms. The van der Waals surface area contributed by atoms with E-state index in [-0.39, 0.29) is 5.56 Å². The minimum absolute atomic E-state index is 0.0591. The van der Waals surface area contributed by atoms with Crippen LogP contribution in [0.15, 0.2) is 76.4 Å². The van der Waals surface area contributed by atoms with E-state index in [1.54, 1.807) is 23.3 Å². The van der Waals surface area contributed by atoms with Crippen molar-refractivity contribution in [3.63, 3.8) is 0 Å². The molecule has 0 saturated carbocycles. The molecule has 33 heavy (non-hydrogen) atoms. The van der Waals surface area contributed by atoms with Crippen molar-refractivity contribution < 1.29 is 9.47 Å². The summed E-state index contributed by atoms with van der Waals surface area (Å²) in [6.45, 7) is 2.65. The van der Waals surface area contributed by atoms with Crippen molar-refractivity contribution >= 4 is 45.2 Å². The number of aryl methyl sites for hydroxylation is 1. The third-order valence-corrected chi connectivity index (χ3v) is 7.21. The number of hydrogen-bond acceptors (Lipinski definition) is 6. The Balaban J connectivity index is 1.33. The van der Waals surface area contributed by atoms with E-state index in [9.17, 15) is 4.79 Å². The van der Waals surface area contributed by atoms with Gasteiger partial charge < -0.3 is 9.47 Å². The SMILES string of the molecule is COc1cc(/C=c2\sc3nc4ccccc4n3c2=O)ccc1OCCSc1ccc(C)cc1. The van der Waals surface area contributed by atoms with Crippen LogP contribution in [-0.2, 0) is 0 Å². The quantitative estimate of drug-likeness (QED) is 0.247. The number of thioether (sulfide) groups is 1. The monoisotopic (exact) mass is 474 g/mol. The summed E-state index contributed by atoms with van der Waals surface area (Å²) in [5.74, 6) is 2.17. The second kappa shape index (κ2) is 9.29. The maximum absolute atomic E-state index is 13.0. The average molecular weight is 475 g/mol. The summed E-state index contributed by atoms with van der Waals surface area (Å²) in [5, 5.41) is 0. The van der Waals surface area contributed by atoms with E-state index in [4.69, 9.17) is 9.47 Å². The summed E-state index contributed by atoms with van der Waals surface area (Å²) in [6, 6.07) is 21.9. The van der Waals surface area contributed by atoms with Gasteiger partial charge in [-0.1, -0.05) is 47.2 Å². The first kappa shape index (κ1) is 21.6. The maximum atomic E-state index is 13.0. The van der Waals surface area contributed by atoms with Crippen molar-refractivity contribution in [2.75, 3.05) is 19.5 Å². The lowest BCUT2D eigenvalue weighted by Crippen LogP contribution is -2.22. The highest BCUT2D eigenvalue weighted by Gasteiger charge is 2.11. The Bertz CT molecular complexity index is 1540. The summed E-state index contributed by atoms with van der Waals surface area (Å²) in [5.41, 5.74) is 3.73. The number of benzene rings is 3. The number of aromatic nitrogens is 2. The number of para-hydroxylation sites is 2. The Morgan fingerprint density at radius 1 is 1.06 bits per heavy atom. The van der Waals surface area contributed by atoms with E-state index < -0.39 is 0 Å². The molecular formula is C26H22N2O3S2. The summed E-state index contributed by atoms with van der Waals surface area (Å²) in [7, 11) is 1.62. The molecule has 0 amide bonds. The normalized spacial score (nSPS) is 12.0. The van der Waals surface area contributed by atoms with Crippen molar-refractivity contribution in [3.8, 4) is 11.5 Å². The zero-order valence-electron chi connectivity index (χ0n) is 18.3. The van der Waals surface area contributed by atoms with Crippen LogP contribution in [-0.4, -0.2) is 28.9 Å². The van der Waals surface area contributed by atoms with Crippen LogP contribution < -0.4 is 19.6 Å². The third-order valence-electron chi connectivity index (χ3n) is 5.26. The molecule has 0 fully saturated rings. The molecule has 0 aliphatic heterocycles. The number of imidazole rings is 1. The van der Waals surface area contributed by atoms with E-state index in [0.717, 1.165) is 22.3 Å². The summed E-state index contributed by atoms with van der Waals surface area (Å²) in [4.78, 5) is 19.5. The van der Waals surface area contributed by atoms with Crippen LogP contribution in [0.2, 0.25) is 0 Å². The average Bonchev–Trinajstić information content (AvgIpc) is 3.34. The molecule has 5 aromatic rings. The molecule has 2 heterocycles. The highest BCUT2D eigenvalue weighted by molar-refractivity contribution is 7.99. The maximum Gasteiger partial charge on any atom is 0.274 e. The number of nitrogens with zero attached hydrogens (tertiary/aromatic N) is 2. The number of rotatable bonds is 7. The van der Waals surface area contributed by atoms with Gasteiger partial charge >= 0.3 is 0 Å². The first-order valence-corrected chi connectivity index (χ1v) is 12.3. The molecule has 5 rings (SSSR count). The van der Waals surface area contributed by atoms with Crippen molar-refractivity contribution in [1.82, 2.24) is 9.38 Å². The Labute approximate surface area is 199 Å². The molecule has 166 valence electrons. The first-order chi connectivity index (χ1) is 16.1. The minimum atomic E-state index is -0.0591. The van der Waals surface area contributed by atoms with Gasteiger partial charge in [-0.05, 0) is 55.0 Å². The topological polar surface area (TPSA) is 52.8 Å². The number of ether oxygens (including phenoxy) is 2. The Morgan fingerprint density at radius 3 is 2.70 bits per heavy atom. The third kappa shape index (κ3) is 4.47. The lowest BCUT2D eigenvalue weighted by Gasteiger charge is -2.11. The number of methoxy groups -OCH3 is 1. The van der Waals surface area contributed by atoms with Gasteiger partial charge in [-0.15, -0.1) is 11.8 Å². The van der Waals surface area contributed by atoms with E-state index >= 15 is 0 Å². The number of fused-ring (bicyclic) bond motifs is 3. The van der Waals surface area contributed by atoms with Gasteiger partial charge in [-0.2, -0.15) is 0 Å². The van der Waals surface area contributed by atoms with Gasteiger partial charge in [-0.25, -0.2) is 9.38 Å². The summed E-state index contributed by atoms with van der Waals surface area (Å²) < 4.78 is 13.8. The second-order valence-corrected chi connectivity index (χ2v) is 9.73. The Hall–Kier alpha value is -3.29. The van der Waals surface area contributed by atoms with Gasteiger partial charge in [-0.3, -0.25) is 4.79 Å². The Morgan fingerprint density at radius 2 is 1.88 bits per heavy atom. The highest BCUT2D eigenvalue weighted by atomic mass is 32.2. The van der Waals surface area contributed by atoms with E-state index in [2.05, 4.69) is 36.2 Å². The molecule has 3 aromatic carbocycles. The van der Waals surface area contributed by atoms with Crippen LogP contribution in [0.1, 0.15) is 11.1 Å². The standard InChI is InChI=1S/C26H22N2O3S2/c1-17-7-10-19(11-8-17)32-14-13-31-22-12-9-18(15-23(22)30-2)16-24-25(29)28-21-6-4-3-5-20(21)27-26(28)33-24/h3-12,15-16H,13-14H2,1-2H3/b24-16-. The minimum Gasteiger partial charge on any atom is -0.493 e. The van der Waals surface area contributed by atoms with Crippen molar-refractivity contribution in [2.45, 2.75) is 11.8 Å². The van der Waals surface area contributed by atoms with Crippen LogP contribution in [0, 0.1) is 6.92 Å². The largest absolute Gasteiger partial charge is 0.493 e. The fourth-order valence-corrected chi connectivity index (χ4v) is 5.32. The molecular weight excluding hydrogens is 452 g/mol. The molecule has 0 saturated heterocycles. The van der Waals surface area contributed by atoms with E-state index in [1.807, 2.05) is 48.5 Å². The van der Waals surface area contributed by atoms with Crippen LogP contribution in [0.25, 0.3) is 22.1 Å². The molecule has 5 nitrogen and oxygen atoms in total. The van der Waals surface area contributed by atoms with Gasteiger partial charge in [0.2, 0.25) is 0 Å². The molecule has 0 aliphatic rings. The fourth-order valence-electron chi connectivity index (χ4n) is 3.60. The van der Waals surface area contributed by atoms with Crippen LogP contribution in [0.4, 0.5) is 0 Å². The summed E-state index contributed by atoms with van der Waals surface area (Å²) in [6.07, 6.45) is 1.87. The highest BCUT2D eigenvalue weighted by Crippen LogP contribution is 2.29. The molecule has 0 aliphatic carbocycles. The first-order valence-electron chi connectivity index (χ1n) is 10.5. The molecule has 0 bridgehead atoms. The van der Waals surface area contributed by atoms with Crippen molar-refractivity contribution in [1.29, 1.82) is 0 Å². The zero-order chi connectivity index (χ0) is 22.8. The fraction of sp³-hybridized carbons (Fsp3) is 0.154. The molecule has 0 unspecified atom stereocenters. The molecule has 2 aromatic heterocycles. The van der Waals surface area contributed by atoms with Gasteiger partial charge in [0, 0.05) is 10.6 Å². The van der Waals surface area contributed by atoms with Crippen LogP contribution >= 0.6 is 23.1 Å². The number of thiazole rings is 1. The number of hydrogen-bond donors (Lipinski definition) is 0. The van der Waals surface area contributed by atoms with Crippen molar-refractivity contribution in [3.05, 3.63) is 92.7 Å². The van der Waals surface area contributed by atoms with Crippen molar-refractivity contribution in [2.24, 2.45) is 0 Å². The molecule has 0 atom stereocenters. The van der Waals surface area contributed by atoms with Crippen LogP contribution in [0.5, 0.6) is 11.5 Å². The smallest absolute Gasteiger partial charge is 0.274 e. The van der Waals surface area contributed by atoms with Crippen LogP contribution in [0.3, 0.4) is 0 Å². The zero-order valence-corrected chi connectivity index (χ0v) is 19.9. The van der Waals surface area contributed by atoms with Gasteiger partial charge in [0.05, 0.1) is 29.3 Å². The van der Waals surface area contributed by atoms with Gasteiger partial charge in [0.15, 0.2) is 16.5 Å². The Kier molecular flexibility index (Phi) is 6.07. The summed E-state index contributed by atoms with van der Waals surface area (Å²) >= 11 is 3.14. The second-order valence-electron chi connectivity index (χ2n) is 7.55.